The Labute approximate surface area is 145 Å². The van der Waals surface area contributed by atoms with E-state index in [4.69, 9.17) is 9.47 Å². The number of hydrogen-bond donors (Lipinski definition) is 1. The van der Waals surface area contributed by atoms with Gasteiger partial charge < -0.3 is 14.8 Å². The molecule has 1 aromatic heterocycles. The van der Waals surface area contributed by atoms with E-state index in [0.29, 0.717) is 6.61 Å². The van der Waals surface area contributed by atoms with Crippen LogP contribution in [0, 0.1) is 6.92 Å². The van der Waals surface area contributed by atoms with Crippen LogP contribution in [0.5, 0.6) is 5.75 Å². The minimum Gasteiger partial charge on any atom is -0.491 e. The number of hydrogen-bond acceptors (Lipinski definition) is 5. The SMILES string of the molecule is Cc1ncc(/C=C\C(=O)Nc2ccc(OC[C@H]3CCCO3)cc2)s1. The van der Waals surface area contributed by atoms with Crippen molar-refractivity contribution in [2.45, 2.75) is 25.9 Å². The number of rotatable bonds is 6. The van der Waals surface area contributed by atoms with Crippen LogP contribution in [0.15, 0.2) is 36.5 Å². The summed E-state index contributed by atoms with van der Waals surface area (Å²) in [5.41, 5.74) is 0.731. The summed E-state index contributed by atoms with van der Waals surface area (Å²) in [5, 5.41) is 3.80. The fourth-order valence-corrected chi connectivity index (χ4v) is 3.08. The summed E-state index contributed by atoms with van der Waals surface area (Å²) in [5.74, 6) is 0.605. The van der Waals surface area contributed by atoms with Gasteiger partial charge in [-0.2, -0.15) is 0 Å². The van der Waals surface area contributed by atoms with Crippen LogP contribution in [0.2, 0.25) is 0 Å². The highest BCUT2D eigenvalue weighted by molar-refractivity contribution is 7.12. The maximum absolute atomic E-state index is 11.9. The van der Waals surface area contributed by atoms with Crippen LogP contribution in [0.1, 0.15) is 22.7 Å². The van der Waals surface area contributed by atoms with Crippen LogP contribution in [-0.2, 0) is 9.53 Å². The third-order valence-corrected chi connectivity index (χ3v) is 4.50. The number of carbonyl (C=O) groups excluding carboxylic acids is 1. The summed E-state index contributed by atoms with van der Waals surface area (Å²) in [6, 6.07) is 7.35. The Morgan fingerprint density at radius 1 is 1.46 bits per heavy atom. The Morgan fingerprint density at radius 2 is 2.29 bits per heavy atom. The van der Waals surface area contributed by atoms with Crippen molar-refractivity contribution in [3.63, 3.8) is 0 Å². The van der Waals surface area contributed by atoms with Crippen molar-refractivity contribution < 1.29 is 14.3 Å². The van der Waals surface area contributed by atoms with E-state index >= 15 is 0 Å². The molecule has 1 fully saturated rings. The molecule has 0 saturated carbocycles. The summed E-state index contributed by atoms with van der Waals surface area (Å²) in [7, 11) is 0. The van der Waals surface area contributed by atoms with E-state index in [0.717, 1.165) is 40.8 Å². The molecule has 1 saturated heterocycles. The Balaban J connectivity index is 1.48. The van der Waals surface area contributed by atoms with E-state index in [1.165, 1.54) is 6.08 Å². The molecular weight excluding hydrogens is 324 g/mol. The molecule has 0 spiro atoms. The lowest BCUT2D eigenvalue weighted by atomic mass is 10.2. The minimum atomic E-state index is -0.172. The zero-order chi connectivity index (χ0) is 16.8. The summed E-state index contributed by atoms with van der Waals surface area (Å²) >= 11 is 1.55. The van der Waals surface area contributed by atoms with Crippen molar-refractivity contribution in [1.29, 1.82) is 0 Å². The molecule has 1 atom stereocenters. The lowest BCUT2D eigenvalue weighted by Gasteiger charge is -2.11. The van der Waals surface area contributed by atoms with E-state index < -0.39 is 0 Å². The number of anilines is 1. The first kappa shape index (κ1) is 16.7. The van der Waals surface area contributed by atoms with Crippen molar-refractivity contribution >= 4 is 29.0 Å². The molecule has 1 aliphatic heterocycles. The molecule has 1 aromatic carbocycles. The first-order chi connectivity index (χ1) is 11.7. The monoisotopic (exact) mass is 344 g/mol. The lowest BCUT2D eigenvalue weighted by molar-refractivity contribution is -0.111. The largest absolute Gasteiger partial charge is 0.491 e. The molecule has 5 nitrogen and oxygen atoms in total. The third kappa shape index (κ3) is 4.91. The molecule has 1 aliphatic rings. The molecule has 126 valence electrons. The molecule has 2 heterocycles. The third-order valence-electron chi connectivity index (χ3n) is 3.62. The second kappa shape index (κ2) is 8.08. The topological polar surface area (TPSA) is 60.5 Å². The highest BCUT2D eigenvalue weighted by Gasteiger charge is 2.15. The van der Waals surface area contributed by atoms with Crippen molar-refractivity contribution in [2.75, 3.05) is 18.5 Å². The summed E-state index contributed by atoms with van der Waals surface area (Å²) in [6.45, 7) is 3.33. The molecule has 0 bridgehead atoms. The van der Waals surface area contributed by atoms with Gasteiger partial charge in [-0.15, -0.1) is 11.3 Å². The number of ether oxygens (including phenoxy) is 2. The molecular formula is C18H20N2O3S. The predicted molar refractivity (Wildman–Crippen MR) is 95.4 cm³/mol. The lowest BCUT2D eigenvalue weighted by Crippen LogP contribution is -2.16. The van der Waals surface area contributed by atoms with E-state index in [2.05, 4.69) is 10.3 Å². The van der Waals surface area contributed by atoms with Gasteiger partial charge in [0.05, 0.1) is 11.1 Å². The summed E-state index contributed by atoms with van der Waals surface area (Å²) < 4.78 is 11.2. The fraction of sp³-hybridized carbons (Fsp3) is 0.333. The fourth-order valence-electron chi connectivity index (χ4n) is 2.40. The molecule has 6 heteroatoms. The molecule has 1 N–H and O–H groups in total. The second-order valence-corrected chi connectivity index (χ2v) is 6.84. The number of aromatic nitrogens is 1. The first-order valence-corrected chi connectivity index (χ1v) is 8.77. The van der Waals surface area contributed by atoms with Crippen LogP contribution < -0.4 is 10.1 Å². The quantitative estimate of drug-likeness (QED) is 0.813. The van der Waals surface area contributed by atoms with Gasteiger partial charge in [-0.05, 0) is 50.1 Å². The number of nitrogens with one attached hydrogen (secondary N) is 1. The Morgan fingerprint density at radius 3 is 2.96 bits per heavy atom. The number of amides is 1. The minimum absolute atomic E-state index is 0.172. The first-order valence-electron chi connectivity index (χ1n) is 7.95. The number of thiazole rings is 1. The Kier molecular flexibility index (Phi) is 5.61. The van der Waals surface area contributed by atoms with E-state index in [1.54, 1.807) is 23.6 Å². The zero-order valence-corrected chi connectivity index (χ0v) is 14.3. The maximum Gasteiger partial charge on any atom is 0.248 e. The number of benzene rings is 1. The van der Waals surface area contributed by atoms with Crippen molar-refractivity contribution in [1.82, 2.24) is 4.98 Å². The van der Waals surface area contributed by atoms with Crippen LogP contribution in [0.3, 0.4) is 0 Å². The van der Waals surface area contributed by atoms with Gasteiger partial charge in [0.15, 0.2) is 0 Å². The number of carbonyl (C=O) groups is 1. The predicted octanol–water partition coefficient (Wildman–Crippen LogP) is 3.66. The second-order valence-electron chi connectivity index (χ2n) is 5.57. The Hall–Kier alpha value is -2.18. The number of nitrogens with zero attached hydrogens (tertiary/aromatic N) is 1. The van der Waals surface area contributed by atoms with E-state index in [1.807, 2.05) is 31.2 Å². The number of aryl methyl sites for hydroxylation is 1. The molecule has 3 rings (SSSR count). The van der Waals surface area contributed by atoms with Crippen LogP contribution >= 0.6 is 11.3 Å². The van der Waals surface area contributed by atoms with Gasteiger partial charge in [-0.3, -0.25) is 4.79 Å². The normalized spacial score (nSPS) is 17.3. The van der Waals surface area contributed by atoms with Crippen molar-refractivity contribution in [3.05, 3.63) is 46.4 Å². The van der Waals surface area contributed by atoms with Crippen molar-refractivity contribution in [3.8, 4) is 5.75 Å². The standard InChI is InChI=1S/C18H20N2O3S/c1-13-19-11-17(24-13)8-9-18(21)20-14-4-6-15(7-5-14)23-12-16-3-2-10-22-16/h4-9,11,16H,2-3,10,12H2,1H3,(H,20,21)/b9-8-/t16-/m1/s1. The van der Waals surface area contributed by atoms with Gasteiger partial charge in [-0.25, -0.2) is 4.98 Å². The molecule has 0 radical (unpaired) electrons. The van der Waals surface area contributed by atoms with Crippen molar-refractivity contribution in [2.24, 2.45) is 0 Å². The highest BCUT2D eigenvalue weighted by atomic mass is 32.1. The van der Waals surface area contributed by atoms with Gasteiger partial charge in [0.2, 0.25) is 5.91 Å². The average molecular weight is 344 g/mol. The summed E-state index contributed by atoms with van der Waals surface area (Å²) in [6.07, 6.45) is 7.38. The smallest absolute Gasteiger partial charge is 0.248 e. The van der Waals surface area contributed by atoms with E-state index in [-0.39, 0.29) is 12.0 Å². The molecule has 24 heavy (non-hydrogen) atoms. The van der Waals surface area contributed by atoms with Crippen LogP contribution in [-0.4, -0.2) is 30.2 Å². The van der Waals surface area contributed by atoms with Gasteiger partial charge in [0.25, 0.3) is 0 Å². The van der Waals surface area contributed by atoms with Crippen LogP contribution in [0.25, 0.3) is 6.08 Å². The average Bonchev–Trinajstić information content (AvgIpc) is 3.24. The van der Waals surface area contributed by atoms with Crippen LogP contribution in [0.4, 0.5) is 5.69 Å². The molecule has 0 aliphatic carbocycles. The zero-order valence-electron chi connectivity index (χ0n) is 13.5. The van der Waals surface area contributed by atoms with Gasteiger partial charge >= 0.3 is 0 Å². The van der Waals surface area contributed by atoms with Gasteiger partial charge in [0.1, 0.15) is 12.4 Å². The molecule has 2 aromatic rings. The Bertz CT molecular complexity index is 703. The van der Waals surface area contributed by atoms with Gasteiger partial charge in [0, 0.05) is 29.4 Å². The highest BCUT2D eigenvalue weighted by Crippen LogP contribution is 2.19. The van der Waals surface area contributed by atoms with Gasteiger partial charge in [-0.1, -0.05) is 0 Å². The molecule has 1 amide bonds. The molecule has 0 unspecified atom stereocenters. The summed E-state index contributed by atoms with van der Waals surface area (Å²) in [4.78, 5) is 17.0. The van der Waals surface area contributed by atoms with E-state index in [9.17, 15) is 4.79 Å². The maximum atomic E-state index is 11.9.